The third kappa shape index (κ3) is 3.35. The van der Waals surface area contributed by atoms with Gasteiger partial charge in [0.2, 0.25) is 5.91 Å². The Balaban J connectivity index is 1.96. The SMILES string of the molecule is CC(CC(=O)N1CCC(C)(C(=O)O)C1)c1ccc(N)cc1. The molecule has 2 unspecified atom stereocenters. The van der Waals surface area contributed by atoms with Crippen LogP contribution < -0.4 is 5.73 Å². The smallest absolute Gasteiger partial charge is 0.311 e. The summed E-state index contributed by atoms with van der Waals surface area (Å²) in [6, 6.07) is 7.51. The zero-order valence-corrected chi connectivity index (χ0v) is 12.5. The van der Waals surface area contributed by atoms with Gasteiger partial charge in [-0.1, -0.05) is 19.1 Å². The molecule has 0 bridgehead atoms. The Morgan fingerprint density at radius 2 is 2.00 bits per heavy atom. The van der Waals surface area contributed by atoms with Gasteiger partial charge in [0.25, 0.3) is 0 Å². The summed E-state index contributed by atoms with van der Waals surface area (Å²) < 4.78 is 0. The molecule has 2 rings (SSSR count). The van der Waals surface area contributed by atoms with Gasteiger partial charge in [0.15, 0.2) is 0 Å². The number of nitrogens with zero attached hydrogens (tertiary/aromatic N) is 1. The fraction of sp³-hybridized carbons (Fsp3) is 0.500. The van der Waals surface area contributed by atoms with Crippen LogP contribution in [0.5, 0.6) is 0 Å². The molecule has 1 fully saturated rings. The first-order valence-electron chi connectivity index (χ1n) is 7.18. The Labute approximate surface area is 124 Å². The van der Waals surface area contributed by atoms with Crippen molar-refractivity contribution >= 4 is 17.6 Å². The molecule has 0 spiro atoms. The number of hydrogen-bond donors (Lipinski definition) is 2. The predicted octanol–water partition coefficient (Wildman–Crippen LogP) is 2.09. The highest BCUT2D eigenvalue weighted by Gasteiger charge is 2.42. The normalized spacial score (nSPS) is 23.0. The van der Waals surface area contributed by atoms with Crippen molar-refractivity contribution in [2.24, 2.45) is 5.41 Å². The number of amides is 1. The van der Waals surface area contributed by atoms with E-state index in [1.165, 1.54) is 0 Å². The zero-order chi connectivity index (χ0) is 15.6. The first kappa shape index (κ1) is 15.4. The highest BCUT2D eigenvalue weighted by atomic mass is 16.4. The molecule has 2 atom stereocenters. The van der Waals surface area contributed by atoms with Gasteiger partial charge in [0.05, 0.1) is 5.41 Å². The molecular formula is C16H22N2O3. The van der Waals surface area contributed by atoms with Crippen LogP contribution in [0.1, 0.15) is 38.2 Å². The van der Waals surface area contributed by atoms with Crippen LogP contribution in [0, 0.1) is 5.41 Å². The monoisotopic (exact) mass is 290 g/mol. The van der Waals surface area contributed by atoms with Crippen molar-refractivity contribution in [3.8, 4) is 0 Å². The molecular weight excluding hydrogens is 268 g/mol. The molecule has 5 heteroatoms. The molecule has 21 heavy (non-hydrogen) atoms. The number of carbonyl (C=O) groups is 2. The predicted molar refractivity (Wildman–Crippen MR) is 80.8 cm³/mol. The number of benzene rings is 1. The second kappa shape index (κ2) is 5.76. The summed E-state index contributed by atoms with van der Waals surface area (Å²) >= 11 is 0. The molecule has 114 valence electrons. The second-order valence-electron chi connectivity index (χ2n) is 6.20. The first-order chi connectivity index (χ1) is 9.82. The van der Waals surface area contributed by atoms with Crippen molar-refractivity contribution < 1.29 is 14.7 Å². The standard InChI is InChI=1S/C16H22N2O3/c1-11(12-3-5-13(17)6-4-12)9-14(19)18-8-7-16(2,10-18)15(20)21/h3-6,11H,7-10,17H2,1-2H3,(H,20,21). The molecule has 1 aromatic rings. The van der Waals surface area contributed by atoms with Crippen molar-refractivity contribution in [3.63, 3.8) is 0 Å². The van der Waals surface area contributed by atoms with E-state index in [1.54, 1.807) is 11.8 Å². The molecule has 0 aliphatic carbocycles. The number of aliphatic carboxylic acids is 1. The quantitative estimate of drug-likeness (QED) is 0.832. The van der Waals surface area contributed by atoms with E-state index in [-0.39, 0.29) is 11.8 Å². The lowest BCUT2D eigenvalue weighted by Crippen LogP contribution is -2.35. The van der Waals surface area contributed by atoms with Gasteiger partial charge in [0.1, 0.15) is 0 Å². The lowest BCUT2D eigenvalue weighted by Gasteiger charge is -2.22. The minimum absolute atomic E-state index is 0.0179. The molecule has 1 aromatic carbocycles. The number of nitrogens with two attached hydrogens (primary N) is 1. The number of carbonyl (C=O) groups excluding carboxylic acids is 1. The largest absolute Gasteiger partial charge is 0.481 e. The van der Waals surface area contributed by atoms with Crippen molar-refractivity contribution in [1.29, 1.82) is 0 Å². The fourth-order valence-corrected chi connectivity index (χ4v) is 2.68. The molecule has 1 saturated heterocycles. The van der Waals surface area contributed by atoms with Crippen LogP contribution in [-0.4, -0.2) is 35.0 Å². The van der Waals surface area contributed by atoms with Crippen LogP contribution in [0.4, 0.5) is 5.69 Å². The summed E-state index contributed by atoms with van der Waals surface area (Å²) in [6.45, 7) is 4.52. The zero-order valence-electron chi connectivity index (χ0n) is 12.5. The maximum atomic E-state index is 12.3. The molecule has 1 heterocycles. The lowest BCUT2D eigenvalue weighted by atomic mass is 9.90. The number of likely N-dealkylation sites (tertiary alicyclic amines) is 1. The average Bonchev–Trinajstić information content (AvgIpc) is 2.83. The summed E-state index contributed by atoms with van der Waals surface area (Å²) in [7, 11) is 0. The molecule has 3 N–H and O–H groups in total. The van der Waals surface area contributed by atoms with Gasteiger partial charge in [-0.2, -0.15) is 0 Å². The molecule has 1 aliphatic rings. The first-order valence-corrected chi connectivity index (χ1v) is 7.18. The van der Waals surface area contributed by atoms with Crippen molar-refractivity contribution in [2.75, 3.05) is 18.8 Å². The average molecular weight is 290 g/mol. The number of hydrogen-bond acceptors (Lipinski definition) is 3. The fourth-order valence-electron chi connectivity index (χ4n) is 2.68. The Bertz CT molecular complexity index is 541. The lowest BCUT2D eigenvalue weighted by molar-refractivity contribution is -0.147. The minimum Gasteiger partial charge on any atom is -0.481 e. The van der Waals surface area contributed by atoms with Crippen LogP contribution in [0.2, 0.25) is 0 Å². The van der Waals surface area contributed by atoms with E-state index in [1.807, 2.05) is 31.2 Å². The minimum atomic E-state index is -0.829. The van der Waals surface area contributed by atoms with Crippen LogP contribution in [0.3, 0.4) is 0 Å². The Hall–Kier alpha value is -2.04. The van der Waals surface area contributed by atoms with Gasteiger partial charge in [-0.25, -0.2) is 0 Å². The van der Waals surface area contributed by atoms with Crippen LogP contribution in [0.25, 0.3) is 0 Å². The Morgan fingerprint density at radius 3 is 2.52 bits per heavy atom. The van der Waals surface area contributed by atoms with Crippen molar-refractivity contribution in [2.45, 2.75) is 32.6 Å². The summed E-state index contributed by atoms with van der Waals surface area (Å²) in [5.41, 5.74) is 6.62. The van der Waals surface area contributed by atoms with E-state index >= 15 is 0 Å². The van der Waals surface area contributed by atoms with Crippen LogP contribution in [0.15, 0.2) is 24.3 Å². The van der Waals surface area contributed by atoms with Gasteiger partial charge in [-0.3, -0.25) is 9.59 Å². The number of rotatable bonds is 4. The molecule has 1 amide bonds. The van der Waals surface area contributed by atoms with Gasteiger partial charge in [0, 0.05) is 25.2 Å². The maximum absolute atomic E-state index is 12.3. The molecule has 0 radical (unpaired) electrons. The van der Waals surface area contributed by atoms with Crippen molar-refractivity contribution in [1.82, 2.24) is 4.90 Å². The summed E-state index contributed by atoms with van der Waals surface area (Å²) in [5.74, 6) is -0.719. The van der Waals surface area contributed by atoms with Gasteiger partial charge >= 0.3 is 5.97 Å². The number of carboxylic acid groups (broad SMARTS) is 1. The van der Waals surface area contributed by atoms with Gasteiger partial charge in [-0.15, -0.1) is 0 Å². The molecule has 5 nitrogen and oxygen atoms in total. The molecule has 1 aliphatic heterocycles. The summed E-state index contributed by atoms with van der Waals surface area (Å²) in [5, 5.41) is 9.21. The van der Waals surface area contributed by atoms with E-state index in [0.717, 1.165) is 5.56 Å². The number of carboxylic acids is 1. The van der Waals surface area contributed by atoms with E-state index in [0.29, 0.717) is 31.6 Å². The highest BCUT2D eigenvalue weighted by molar-refractivity contribution is 5.81. The van der Waals surface area contributed by atoms with Crippen LogP contribution in [-0.2, 0) is 9.59 Å². The summed E-state index contributed by atoms with van der Waals surface area (Å²) in [4.78, 5) is 25.2. The summed E-state index contributed by atoms with van der Waals surface area (Å²) in [6.07, 6.45) is 0.907. The van der Waals surface area contributed by atoms with E-state index in [2.05, 4.69) is 0 Å². The Morgan fingerprint density at radius 1 is 1.38 bits per heavy atom. The maximum Gasteiger partial charge on any atom is 0.311 e. The second-order valence-corrected chi connectivity index (χ2v) is 6.20. The van der Waals surface area contributed by atoms with Gasteiger partial charge < -0.3 is 15.7 Å². The molecule has 0 saturated carbocycles. The van der Waals surface area contributed by atoms with E-state index in [9.17, 15) is 14.7 Å². The number of anilines is 1. The van der Waals surface area contributed by atoms with Gasteiger partial charge in [-0.05, 0) is 37.0 Å². The van der Waals surface area contributed by atoms with Crippen LogP contribution >= 0.6 is 0 Å². The Kier molecular flexibility index (Phi) is 4.21. The molecule has 0 aromatic heterocycles. The topological polar surface area (TPSA) is 83.6 Å². The van der Waals surface area contributed by atoms with E-state index < -0.39 is 11.4 Å². The van der Waals surface area contributed by atoms with E-state index in [4.69, 9.17) is 5.73 Å². The third-order valence-electron chi connectivity index (χ3n) is 4.33. The third-order valence-corrected chi connectivity index (χ3v) is 4.33. The van der Waals surface area contributed by atoms with Crippen molar-refractivity contribution in [3.05, 3.63) is 29.8 Å². The highest BCUT2D eigenvalue weighted by Crippen LogP contribution is 2.31. The number of nitrogen functional groups attached to an aromatic ring is 1.